The maximum atomic E-state index is 8.50. The number of hydrogen-bond acceptors (Lipinski definition) is 7. The third-order valence-corrected chi connectivity index (χ3v) is 1.91. The lowest BCUT2D eigenvalue weighted by Crippen LogP contribution is -2.21. The van der Waals surface area contributed by atoms with Crippen LogP contribution in [0.25, 0.3) is 0 Å². The van der Waals surface area contributed by atoms with Crippen molar-refractivity contribution in [2.45, 2.75) is 6.42 Å². The van der Waals surface area contributed by atoms with Crippen molar-refractivity contribution in [2.75, 3.05) is 38.0 Å². The molecule has 0 radical (unpaired) electrons. The maximum Gasteiger partial charge on any atom is 0.322 e. The molecule has 0 saturated heterocycles. The summed E-state index contributed by atoms with van der Waals surface area (Å²) >= 11 is 0. The van der Waals surface area contributed by atoms with Gasteiger partial charge in [0.2, 0.25) is 11.9 Å². The van der Waals surface area contributed by atoms with Crippen LogP contribution in [-0.2, 0) is 0 Å². The second-order valence-electron chi connectivity index (χ2n) is 3.03. The Morgan fingerprint density at radius 3 is 2.75 bits per heavy atom. The standard InChI is InChI=1S/C9H14N6O/c1-11-7-12-8(14-9(13-7)16-3)15(2)6-4-5-10/h4,6H2,1-3H3,(H,11,12,13,14). The van der Waals surface area contributed by atoms with Crippen LogP contribution in [0.1, 0.15) is 6.42 Å². The first-order chi connectivity index (χ1) is 7.71. The molecule has 0 spiro atoms. The molecule has 1 aromatic rings. The molecule has 1 aromatic heterocycles. The van der Waals surface area contributed by atoms with E-state index in [1.807, 2.05) is 7.05 Å². The third kappa shape index (κ3) is 2.95. The molecule has 16 heavy (non-hydrogen) atoms. The summed E-state index contributed by atoms with van der Waals surface area (Å²) in [6.07, 6.45) is 0.416. The molecule has 0 atom stereocenters. The highest BCUT2D eigenvalue weighted by Gasteiger charge is 2.09. The van der Waals surface area contributed by atoms with Gasteiger partial charge in [-0.2, -0.15) is 20.2 Å². The van der Waals surface area contributed by atoms with Gasteiger partial charge >= 0.3 is 6.01 Å². The summed E-state index contributed by atoms with van der Waals surface area (Å²) in [5.41, 5.74) is 0. The highest BCUT2D eigenvalue weighted by molar-refractivity contribution is 5.37. The summed E-state index contributed by atoms with van der Waals surface area (Å²) in [5, 5.41) is 11.3. The lowest BCUT2D eigenvalue weighted by molar-refractivity contribution is 0.379. The quantitative estimate of drug-likeness (QED) is 0.765. The van der Waals surface area contributed by atoms with Crippen LogP contribution in [0, 0.1) is 11.3 Å². The number of ether oxygens (including phenoxy) is 1. The van der Waals surface area contributed by atoms with Crippen LogP contribution in [0.3, 0.4) is 0 Å². The Hall–Kier alpha value is -2.10. The van der Waals surface area contributed by atoms with E-state index in [9.17, 15) is 0 Å². The highest BCUT2D eigenvalue weighted by Crippen LogP contribution is 2.13. The minimum atomic E-state index is 0.248. The number of aromatic nitrogens is 3. The van der Waals surface area contributed by atoms with Gasteiger partial charge in [0.1, 0.15) is 0 Å². The third-order valence-electron chi connectivity index (χ3n) is 1.91. The van der Waals surface area contributed by atoms with Crippen molar-refractivity contribution >= 4 is 11.9 Å². The van der Waals surface area contributed by atoms with Gasteiger partial charge in [-0.15, -0.1) is 0 Å². The van der Waals surface area contributed by atoms with Gasteiger partial charge in [-0.1, -0.05) is 0 Å². The highest BCUT2D eigenvalue weighted by atomic mass is 16.5. The van der Waals surface area contributed by atoms with Gasteiger partial charge in [0.15, 0.2) is 0 Å². The summed E-state index contributed by atoms with van der Waals surface area (Å²) in [4.78, 5) is 14.0. The van der Waals surface area contributed by atoms with E-state index in [0.717, 1.165) is 0 Å². The molecular formula is C9H14N6O. The summed E-state index contributed by atoms with van der Waals surface area (Å²) in [5.74, 6) is 0.914. The molecule has 0 aliphatic heterocycles. The zero-order valence-corrected chi connectivity index (χ0v) is 9.56. The Balaban J connectivity index is 2.90. The number of nitrogens with one attached hydrogen (secondary N) is 1. The van der Waals surface area contributed by atoms with Gasteiger partial charge < -0.3 is 15.0 Å². The van der Waals surface area contributed by atoms with Crippen molar-refractivity contribution in [2.24, 2.45) is 0 Å². The molecule has 0 saturated carbocycles. The zero-order valence-electron chi connectivity index (χ0n) is 9.56. The van der Waals surface area contributed by atoms with E-state index >= 15 is 0 Å². The van der Waals surface area contributed by atoms with Crippen LogP contribution >= 0.6 is 0 Å². The van der Waals surface area contributed by atoms with Crippen molar-refractivity contribution in [1.82, 2.24) is 15.0 Å². The van der Waals surface area contributed by atoms with Crippen molar-refractivity contribution in [3.63, 3.8) is 0 Å². The Kier molecular flexibility index (Phi) is 4.27. The molecule has 0 amide bonds. The molecule has 7 nitrogen and oxygen atoms in total. The second-order valence-corrected chi connectivity index (χ2v) is 3.03. The molecule has 1 N–H and O–H groups in total. The van der Waals surface area contributed by atoms with Gasteiger partial charge in [-0.25, -0.2) is 0 Å². The fourth-order valence-corrected chi connectivity index (χ4v) is 1.04. The predicted octanol–water partition coefficient (Wildman–Crippen LogP) is 0.272. The van der Waals surface area contributed by atoms with E-state index in [-0.39, 0.29) is 6.01 Å². The molecule has 0 aliphatic carbocycles. The number of nitrogens with zero attached hydrogens (tertiary/aromatic N) is 5. The van der Waals surface area contributed by atoms with Crippen molar-refractivity contribution in [3.05, 3.63) is 0 Å². The van der Waals surface area contributed by atoms with Crippen molar-refractivity contribution in [1.29, 1.82) is 5.26 Å². The minimum Gasteiger partial charge on any atom is -0.467 e. The molecule has 0 aliphatic rings. The molecule has 86 valence electrons. The topological polar surface area (TPSA) is 87.0 Å². The van der Waals surface area contributed by atoms with E-state index in [4.69, 9.17) is 10.00 Å². The van der Waals surface area contributed by atoms with Crippen LogP contribution < -0.4 is 15.0 Å². The summed E-state index contributed by atoms with van der Waals surface area (Å²) in [6.45, 7) is 0.562. The molecule has 1 rings (SSSR count). The maximum absolute atomic E-state index is 8.50. The molecular weight excluding hydrogens is 208 g/mol. The fourth-order valence-electron chi connectivity index (χ4n) is 1.04. The Bertz CT molecular complexity index is 366. The van der Waals surface area contributed by atoms with E-state index < -0.39 is 0 Å². The largest absolute Gasteiger partial charge is 0.467 e. The SMILES string of the molecule is CNc1nc(OC)nc(N(C)CCC#N)n1. The average molecular weight is 222 g/mol. The summed E-state index contributed by atoms with van der Waals surface area (Å²) in [6, 6.07) is 2.31. The molecule has 0 aromatic carbocycles. The lowest BCUT2D eigenvalue weighted by Gasteiger charge is -2.15. The van der Waals surface area contributed by atoms with Gasteiger partial charge in [0.05, 0.1) is 19.6 Å². The normalized spacial score (nSPS) is 9.38. The van der Waals surface area contributed by atoms with Crippen LogP contribution in [-0.4, -0.2) is 42.7 Å². The average Bonchev–Trinajstić information content (AvgIpc) is 2.35. The molecule has 0 fully saturated rings. The van der Waals surface area contributed by atoms with E-state index in [1.54, 1.807) is 11.9 Å². The predicted molar refractivity (Wildman–Crippen MR) is 59.4 cm³/mol. The van der Waals surface area contributed by atoms with Crippen LogP contribution in [0.15, 0.2) is 0 Å². The lowest BCUT2D eigenvalue weighted by atomic mass is 10.4. The molecule has 7 heteroatoms. The fraction of sp³-hybridized carbons (Fsp3) is 0.556. The Morgan fingerprint density at radius 1 is 1.44 bits per heavy atom. The van der Waals surface area contributed by atoms with Gasteiger partial charge in [-0.05, 0) is 0 Å². The first-order valence-corrected chi connectivity index (χ1v) is 4.77. The molecule has 0 bridgehead atoms. The van der Waals surface area contributed by atoms with E-state index in [2.05, 4.69) is 26.3 Å². The molecule has 0 unspecified atom stereocenters. The second kappa shape index (κ2) is 5.70. The minimum absolute atomic E-state index is 0.248. The number of anilines is 2. The Labute approximate surface area is 94.1 Å². The van der Waals surface area contributed by atoms with Crippen LogP contribution in [0.4, 0.5) is 11.9 Å². The monoisotopic (exact) mass is 222 g/mol. The first-order valence-electron chi connectivity index (χ1n) is 4.77. The van der Waals surface area contributed by atoms with Crippen molar-refractivity contribution in [3.8, 4) is 12.1 Å². The van der Waals surface area contributed by atoms with Gasteiger partial charge in [-0.3, -0.25) is 0 Å². The first kappa shape index (κ1) is 12.0. The van der Waals surface area contributed by atoms with E-state index in [0.29, 0.717) is 24.9 Å². The van der Waals surface area contributed by atoms with Crippen LogP contribution in [0.5, 0.6) is 6.01 Å². The van der Waals surface area contributed by atoms with Gasteiger partial charge in [0.25, 0.3) is 0 Å². The number of nitriles is 1. The molecule has 1 heterocycles. The summed E-state index contributed by atoms with van der Waals surface area (Å²) in [7, 11) is 5.02. The smallest absolute Gasteiger partial charge is 0.322 e. The van der Waals surface area contributed by atoms with Crippen molar-refractivity contribution < 1.29 is 4.74 Å². The number of hydrogen-bond donors (Lipinski definition) is 1. The Morgan fingerprint density at radius 2 is 2.19 bits per heavy atom. The number of methoxy groups -OCH3 is 1. The number of rotatable bonds is 5. The summed E-state index contributed by atoms with van der Waals surface area (Å²) < 4.78 is 4.96. The van der Waals surface area contributed by atoms with Gasteiger partial charge in [0, 0.05) is 20.6 Å². The zero-order chi connectivity index (χ0) is 12.0. The van der Waals surface area contributed by atoms with E-state index in [1.165, 1.54) is 7.11 Å². The van der Waals surface area contributed by atoms with Crippen LogP contribution in [0.2, 0.25) is 0 Å².